The largest absolute Gasteiger partial charge is 0.497 e. The fourth-order valence-electron chi connectivity index (χ4n) is 3.85. The number of hydrogen-bond acceptors (Lipinski definition) is 6. The van der Waals surface area contributed by atoms with E-state index in [1.54, 1.807) is 63.8 Å². The van der Waals surface area contributed by atoms with Gasteiger partial charge in [-0.05, 0) is 41.8 Å². The van der Waals surface area contributed by atoms with Gasteiger partial charge in [0.25, 0.3) is 11.8 Å². The standard InChI is InChI=1S/C27H26N2O5/c1-32-20-11-9-19(10-12-20)24-25(28-22-17-21(33-2)13-14-23(22)34-3)27(31)29(26(24)30)16-15-18-7-5-4-6-8-18/h4-14,17,28H,15-16H2,1-3H3. The van der Waals surface area contributed by atoms with Crippen molar-refractivity contribution in [1.82, 2.24) is 4.90 Å². The van der Waals surface area contributed by atoms with Gasteiger partial charge < -0.3 is 19.5 Å². The molecule has 0 bridgehead atoms. The highest BCUT2D eigenvalue weighted by Crippen LogP contribution is 2.35. The van der Waals surface area contributed by atoms with Crippen LogP contribution >= 0.6 is 0 Å². The zero-order valence-corrected chi connectivity index (χ0v) is 19.3. The van der Waals surface area contributed by atoms with Gasteiger partial charge in [-0.1, -0.05) is 42.5 Å². The third-order valence-electron chi connectivity index (χ3n) is 5.68. The number of ether oxygens (including phenoxy) is 3. The van der Waals surface area contributed by atoms with Crippen molar-refractivity contribution in [2.45, 2.75) is 6.42 Å². The minimum absolute atomic E-state index is 0.190. The molecule has 3 aromatic carbocycles. The molecule has 0 spiro atoms. The van der Waals surface area contributed by atoms with Crippen molar-refractivity contribution in [2.75, 3.05) is 33.2 Å². The highest BCUT2D eigenvalue weighted by atomic mass is 16.5. The van der Waals surface area contributed by atoms with Crippen LogP contribution in [-0.4, -0.2) is 44.6 Å². The lowest BCUT2D eigenvalue weighted by molar-refractivity contribution is -0.136. The quantitative estimate of drug-likeness (QED) is 0.486. The number of nitrogens with zero attached hydrogens (tertiary/aromatic N) is 1. The molecule has 3 aromatic rings. The maximum absolute atomic E-state index is 13.5. The van der Waals surface area contributed by atoms with Crippen molar-refractivity contribution >= 4 is 23.1 Å². The molecule has 0 aliphatic carbocycles. The van der Waals surface area contributed by atoms with E-state index in [1.165, 1.54) is 4.90 Å². The second-order valence-electron chi connectivity index (χ2n) is 7.67. The Kier molecular flexibility index (Phi) is 6.82. The van der Waals surface area contributed by atoms with Gasteiger partial charge in [0.1, 0.15) is 22.9 Å². The molecule has 34 heavy (non-hydrogen) atoms. The van der Waals surface area contributed by atoms with E-state index in [4.69, 9.17) is 14.2 Å². The summed E-state index contributed by atoms with van der Waals surface area (Å²) < 4.78 is 16.0. The van der Waals surface area contributed by atoms with Gasteiger partial charge in [-0.2, -0.15) is 0 Å². The van der Waals surface area contributed by atoms with Gasteiger partial charge in [0.2, 0.25) is 0 Å². The van der Waals surface area contributed by atoms with Crippen LogP contribution in [0.15, 0.2) is 78.5 Å². The average Bonchev–Trinajstić information content (AvgIpc) is 3.11. The molecule has 174 valence electrons. The molecule has 1 N–H and O–H groups in total. The summed E-state index contributed by atoms with van der Waals surface area (Å²) in [4.78, 5) is 28.3. The number of nitrogens with one attached hydrogen (secondary N) is 1. The van der Waals surface area contributed by atoms with Crippen LogP contribution in [0.2, 0.25) is 0 Å². The first-order chi connectivity index (χ1) is 16.5. The Morgan fingerprint density at radius 3 is 2.09 bits per heavy atom. The molecule has 1 aliphatic rings. The molecular weight excluding hydrogens is 432 g/mol. The molecule has 0 saturated heterocycles. The van der Waals surface area contributed by atoms with E-state index in [9.17, 15) is 9.59 Å². The molecule has 7 nitrogen and oxygen atoms in total. The van der Waals surface area contributed by atoms with Crippen molar-refractivity contribution < 1.29 is 23.8 Å². The van der Waals surface area contributed by atoms with E-state index in [1.807, 2.05) is 30.3 Å². The minimum Gasteiger partial charge on any atom is -0.497 e. The molecule has 7 heteroatoms. The number of methoxy groups -OCH3 is 3. The molecule has 0 aromatic heterocycles. The predicted octanol–water partition coefficient (Wildman–Crippen LogP) is 4.15. The van der Waals surface area contributed by atoms with E-state index in [-0.39, 0.29) is 18.1 Å². The van der Waals surface area contributed by atoms with Crippen LogP contribution in [0, 0.1) is 0 Å². The van der Waals surface area contributed by atoms with E-state index >= 15 is 0 Å². The van der Waals surface area contributed by atoms with Crippen molar-refractivity contribution in [2.24, 2.45) is 0 Å². The fourth-order valence-corrected chi connectivity index (χ4v) is 3.85. The second kappa shape index (κ2) is 10.1. The lowest BCUT2D eigenvalue weighted by atomic mass is 10.0. The van der Waals surface area contributed by atoms with Crippen molar-refractivity contribution in [3.05, 3.63) is 89.6 Å². The van der Waals surface area contributed by atoms with Crippen LogP contribution in [0.3, 0.4) is 0 Å². The highest BCUT2D eigenvalue weighted by Gasteiger charge is 2.39. The van der Waals surface area contributed by atoms with Gasteiger partial charge >= 0.3 is 0 Å². The molecule has 0 atom stereocenters. The Labute approximate surface area is 198 Å². The number of anilines is 1. The Hall–Kier alpha value is -4.26. The van der Waals surface area contributed by atoms with Crippen LogP contribution in [-0.2, 0) is 16.0 Å². The predicted molar refractivity (Wildman–Crippen MR) is 130 cm³/mol. The number of hydrogen-bond donors (Lipinski definition) is 1. The van der Waals surface area contributed by atoms with Gasteiger partial charge in [-0.15, -0.1) is 0 Å². The molecule has 0 radical (unpaired) electrons. The molecule has 2 amide bonds. The zero-order chi connectivity index (χ0) is 24.1. The third kappa shape index (κ3) is 4.59. The van der Waals surface area contributed by atoms with Crippen LogP contribution in [0.5, 0.6) is 17.2 Å². The van der Waals surface area contributed by atoms with E-state index < -0.39 is 5.91 Å². The Bertz CT molecular complexity index is 1220. The fraction of sp³-hybridized carbons (Fsp3) is 0.185. The van der Waals surface area contributed by atoms with Crippen LogP contribution in [0.4, 0.5) is 5.69 Å². The highest BCUT2D eigenvalue weighted by molar-refractivity contribution is 6.36. The molecule has 1 heterocycles. The number of carbonyl (C=O) groups excluding carboxylic acids is 2. The van der Waals surface area contributed by atoms with Gasteiger partial charge in [0.15, 0.2) is 0 Å². The topological polar surface area (TPSA) is 77.1 Å². The summed E-state index contributed by atoms with van der Waals surface area (Å²) in [5.74, 6) is 1.02. The van der Waals surface area contributed by atoms with Crippen LogP contribution < -0.4 is 19.5 Å². The lowest BCUT2D eigenvalue weighted by Crippen LogP contribution is -2.34. The number of rotatable bonds is 9. The molecular formula is C27H26N2O5. The maximum atomic E-state index is 13.5. The Balaban J connectivity index is 1.72. The molecule has 0 unspecified atom stereocenters. The number of amides is 2. The smallest absolute Gasteiger partial charge is 0.278 e. The summed E-state index contributed by atoms with van der Waals surface area (Å²) in [6.07, 6.45) is 0.559. The van der Waals surface area contributed by atoms with E-state index in [2.05, 4.69) is 5.32 Å². The Morgan fingerprint density at radius 2 is 1.44 bits per heavy atom. The number of benzene rings is 3. The third-order valence-corrected chi connectivity index (χ3v) is 5.68. The molecule has 0 fully saturated rings. The summed E-state index contributed by atoms with van der Waals surface area (Å²) in [5, 5.41) is 3.15. The van der Waals surface area contributed by atoms with Gasteiger partial charge in [-0.3, -0.25) is 14.5 Å². The number of imide groups is 1. The first kappa shape index (κ1) is 22.9. The first-order valence-electron chi connectivity index (χ1n) is 10.8. The maximum Gasteiger partial charge on any atom is 0.278 e. The van der Waals surface area contributed by atoms with Crippen LogP contribution in [0.1, 0.15) is 11.1 Å². The minimum atomic E-state index is -0.392. The summed E-state index contributed by atoms with van der Waals surface area (Å²) in [6.45, 7) is 0.266. The van der Waals surface area contributed by atoms with Gasteiger partial charge in [0, 0.05) is 12.6 Å². The summed E-state index contributed by atoms with van der Waals surface area (Å²) >= 11 is 0. The Morgan fingerprint density at radius 1 is 0.765 bits per heavy atom. The van der Waals surface area contributed by atoms with Crippen LogP contribution in [0.25, 0.3) is 5.57 Å². The first-order valence-corrected chi connectivity index (χ1v) is 10.8. The molecule has 1 aliphatic heterocycles. The van der Waals surface area contributed by atoms with Crippen molar-refractivity contribution in [3.63, 3.8) is 0 Å². The van der Waals surface area contributed by atoms with E-state index in [0.29, 0.717) is 40.5 Å². The average molecular weight is 459 g/mol. The monoisotopic (exact) mass is 458 g/mol. The van der Waals surface area contributed by atoms with Gasteiger partial charge in [-0.25, -0.2) is 0 Å². The zero-order valence-electron chi connectivity index (χ0n) is 19.3. The molecule has 4 rings (SSSR count). The van der Waals surface area contributed by atoms with Gasteiger partial charge in [0.05, 0.1) is 32.6 Å². The summed E-state index contributed by atoms with van der Waals surface area (Å²) in [5.41, 5.74) is 2.67. The normalized spacial score (nSPS) is 13.3. The number of carbonyl (C=O) groups is 2. The van der Waals surface area contributed by atoms with Crippen molar-refractivity contribution in [3.8, 4) is 17.2 Å². The summed E-state index contributed by atoms with van der Waals surface area (Å²) in [7, 11) is 4.68. The summed E-state index contributed by atoms with van der Waals surface area (Å²) in [6, 6.07) is 22.0. The van der Waals surface area contributed by atoms with Crippen molar-refractivity contribution in [1.29, 1.82) is 0 Å². The lowest BCUT2D eigenvalue weighted by Gasteiger charge is -2.16. The molecule has 0 saturated carbocycles. The second-order valence-corrected chi connectivity index (χ2v) is 7.67. The SMILES string of the molecule is COc1ccc(C2=C(Nc3cc(OC)ccc3OC)C(=O)N(CCc3ccccc3)C2=O)cc1. The van der Waals surface area contributed by atoms with E-state index in [0.717, 1.165) is 5.56 Å².